The molecule has 1 atom stereocenters. The van der Waals surface area contributed by atoms with E-state index >= 15 is 0 Å². The summed E-state index contributed by atoms with van der Waals surface area (Å²) in [5.41, 5.74) is 6.28. The first kappa shape index (κ1) is 8.53. The van der Waals surface area contributed by atoms with E-state index in [1.165, 1.54) is 0 Å². The molecule has 2 rings (SSSR count). The number of nitrogens with two attached hydrogens (primary N) is 1. The molecule has 1 amide bonds. The lowest BCUT2D eigenvalue weighted by Gasteiger charge is -2.36. The highest BCUT2D eigenvalue weighted by Crippen LogP contribution is 2.23. The second-order valence-corrected chi connectivity index (χ2v) is 3.47. The highest BCUT2D eigenvalue weighted by Gasteiger charge is 2.34. The number of carbonyl (C=O) groups excluding carboxylic acids is 1. The Morgan fingerprint density at radius 1 is 1.54 bits per heavy atom. The van der Waals surface area contributed by atoms with Gasteiger partial charge in [0.1, 0.15) is 6.04 Å². The van der Waals surface area contributed by atoms with Gasteiger partial charge in [0.15, 0.2) is 0 Å². The van der Waals surface area contributed by atoms with Gasteiger partial charge in [-0.1, -0.05) is 17.7 Å². The molecule has 0 bridgehead atoms. The van der Waals surface area contributed by atoms with E-state index in [2.05, 4.69) is 0 Å². The predicted molar refractivity (Wildman–Crippen MR) is 51.8 cm³/mol. The van der Waals surface area contributed by atoms with E-state index in [0.29, 0.717) is 11.6 Å². The normalized spacial score (nSPS) is 21.5. The van der Waals surface area contributed by atoms with Crippen molar-refractivity contribution in [3.05, 3.63) is 29.3 Å². The highest BCUT2D eigenvalue weighted by atomic mass is 35.5. The fourth-order valence-corrected chi connectivity index (χ4v) is 1.51. The number of anilines is 1. The standard InChI is InChI=1S/C9H9ClN2O/c10-6-2-1-3-7(4-6)12-5-8(11)9(12)13/h1-4,8H,5,11H2. The lowest BCUT2D eigenvalue weighted by molar-refractivity contribution is -0.123. The van der Waals surface area contributed by atoms with Gasteiger partial charge in [-0.2, -0.15) is 0 Å². The monoisotopic (exact) mass is 196 g/mol. The largest absolute Gasteiger partial charge is 0.318 e. The van der Waals surface area contributed by atoms with Crippen LogP contribution in [0.3, 0.4) is 0 Å². The molecule has 1 fully saturated rings. The van der Waals surface area contributed by atoms with Crippen molar-refractivity contribution in [1.82, 2.24) is 0 Å². The molecule has 0 radical (unpaired) electrons. The molecule has 13 heavy (non-hydrogen) atoms. The average Bonchev–Trinajstić information content (AvgIpc) is 2.13. The van der Waals surface area contributed by atoms with Gasteiger partial charge in [0.25, 0.3) is 0 Å². The van der Waals surface area contributed by atoms with Crippen LogP contribution in [0.4, 0.5) is 5.69 Å². The number of benzene rings is 1. The van der Waals surface area contributed by atoms with Crippen LogP contribution in [0, 0.1) is 0 Å². The van der Waals surface area contributed by atoms with Crippen molar-refractivity contribution < 1.29 is 4.79 Å². The van der Waals surface area contributed by atoms with Crippen LogP contribution < -0.4 is 10.6 Å². The molecule has 0 saturated carbocycles. The van der Waals surface area contributed by atoms with Crippen LogP contribution in [0.2, 0.25) is 5.02 Å². The fraction of sp³-hybridized carbons (Fsp3) is 0.222. The zero-order chi connectivity index (χ0) is 9.42. The molecular weight excluding hydrogens is 188 g/mol. The van der Waals surface area contributed by atoms with E-state index in [1.807, 2.05) is 12.1 Å². The van der Waals surface area contributed by atoms with Crippen molar-refractivity contribution in [2.24, 2.45) is 5.73 Å². The van der Waals surface area contributed by atoms with Gasteiger partial charge in [0.05, 0.1) is 6.54 Å². The van der Waals surface area contributed by atoms with Gasteiger partial charge in [0, 0.05) is 10.7 Å². The lowest BCUT2D eigenvalue weighted by Crippen LogP contribution is -2.61. The third-order valence-electron chi connectivity index (χ3n) is 2.08. The number of hydrogen-bond acceptors (Lipinski definition) is 2. The first-order chi connectivity index (χ1) is 6.18. The van der Waals surface area contributed by atoms with Crippen LogP contribution in [0.25, 0.3) is 0 Å². The summed E-state index contributed by atoms with van der Waals surface area (Å²) < 4.78 is 0. The van der Waals surface area contributed by atoms with Gasteiger partial charge in [-0.25, -0.2) is 0 Å². The van der Waals surface area contributed by atoms with Crippen LogP contribution in [0.1, 0.15) is 0 Å². The van der Waals surface area contributed by atoms with Gasteiger partial charge >= 0.3 is 0 Å². The van der Waals surface area contributed by atoms with Crippen molar-refractivity contribution in [3.8, 4) is 0 Å². The minimum atomic E-state index is -0.334. The van der Waals surface area contributed by atoms with Crippen LogP contribution >= 0.6 is 11.6 Å². The Morgan fingerprint density at radius 2 is 2.31 bits per heavy atom. The molecule has 1 heterocycles. The smallest absolute Gasteiger partial charge is 0.245 e. The zero-order valence-corrected chi connectivity index (χ0v) is 7.66. The SMILES string of the molecule is NC1CN(c2cccc(Cl)c2)C1=O. The van der Waals surface area contributed by atoms with E-state index in [4.69, 9.17) is 17.3 Å². The molecule has 1 saturated heterocycles. The number of amides is 1. The number of halogens is 1. The van der Waals surface area contributed by atoms with Crippen molar-refractivity contribution >= 4 is 23.2 Å². The van der Waals surface area contributed by atoms with Crippen LogP contribution in [0.5, 0.6) is 0 Å². The number of carbonyl (C=O) groups is 1. The van der Waals surface area contributed by atoms with E-state index in [1.54, 1.807) is 17.0 Å². The minimum absolute atomic E-state index is 0.0396. The summed E-state index contributed by atoms with van der Waals surface area (Å²) in [6.07, 6.45) is 0. The van der Waals surface area contributed by atoms with Gasteiger partial charge < -0.3 is 10.6 Å². The third kappa shape index (κ3) is 1.41. The maximum Gasteiger partial charge on any atom is 0.245 e. The summed E-state index contributed by atoms with van der Waals surface area (Å²) in [7, 11) is 0. The molecule has 3 nitrogen and oxygen atoms in total. The molecule has 1 aliphatic heterocycles. The number of β-lactam (4-membered cyclic amide) rings is 1. The van der Waals surface area contributed by atoms with Crippen molar-refractivity contribution in [1.29, 1.82) is 0 Å². The molecular formula is C9H9ClN2O. The maximum absolute atomic E-state index is 11.2. The minimum Gasteiger partial charge on any atom is -0.318 e. The Morgan fingerprint density at radius 3 is 2.85 bits per heavy atom. The second-order valence-electron chi connectivity index (χ2n) is 3.04. The summed E-state index contributed by atoms with van der Waals surface area (Å²) in [4.78, 5) is 12.9. The van der Waals surface area contributed by atoms with E-state index in [0.717, 1.165) is 5.69 Å². The Hall–Kier alpha value is -1.06. The Labute approximate surface area is 81.1 Å². The lowest BCUT2D eigenvalue weighted by atomic mass is 10.1. The van der Waals surface area contributed by atoms with Crippen molar-refractivity contribution in [3.63, 3.8) is 0 Å². The molecule has 0 aliphatic carbocycles. The molecule has 4 heteroatoms. The highest BCUT2D eigenvalue weighted by molar-refractivity contribution is 6.31. The van der Waals surface area contributed by atoms with Crippen LogP contribution in [0.15, 0.2) is 24.3 Å². The molecule has 2 N–H and O–H groups in total. The first-order valence-electron chi connectivity index (χ1n) is 4.01. The van der Waals surface area contributed by atoms with Gasteiger partial charge in [0.2, 0.25) is 5.91 Å². The Balaban J connectivity index is 2.23. The first-order valence-corrected chi connectivity index (χ1v) is 4.39. The number of hydrogen-bond donors (Lipinski definition) is 1. The maximum atomic E-state index is 11.2. The van der Waals surface area contributed by atoms with E-state index in [9.17, 15) is 4.79 Å². The van der Waals surface area contributed by atoms with Gasteiger partial charge in [-0.3, -0.25) is 4.79 Å². The van der Waals surface area contributed by atoms with E-state index in [-0.39, 0.29) is 11.9 Å². The van der Waals surface area contributed by atoms with E-state index < -0.39 is 0 Å². The molecule has 1 aromatic rings. The summed E-state index contributed by atoms with van der Waals surface area (Å²) >= 11 is 5.78. The predicted octanol–water partition coefficient (Wildman–Crippen LogP) is 1.01. The zero-order valence-electron chi connectivity index (χ0n) is 6.90. The topological polar surface area (TPSA) is 46.3 Å². The fourth-order valence-electron chi connectivity index (χ4n) is 1.33. The molecule has 1 unspecified atom stereocenters. The summed E-state index contributed by atoms with van der Waals surface area (Å²) in [5, 5.41) is 0.630. The summed E-state index contributed by atoms with van der Waals surface area (Å²) in [5.74, 6) is -0.0396. The van der Waals surface area contributed by atoms with Crippen molar-refractivity contribution in [2.75, 3.05) is 11.4 Å². The molecule has 1 aromatic carbocycles. The molecule has 0 spiro atoms. The second kappa shape index (κ2) is 3.01. The average molecular weight is 197 g/mol. The van der Waals surface area contributed by atoms with Gasteiger partial charge in [-0.15, -0.1) is 0 Å². The van der Waals surface area contributed by atoms with Crippen molar-refractivity contribution in [2.45, 2.75) is 6.04 Å². The molecule has 68 valence electrons. The Kier molecular flexibility index (Phi) is 1.98. The molecule has 1 aliphatic rings. The van der Waals surface area contributed by atoms with Crippen LogP contribution in [-0.2, 0) is 4.79 Å². The van der Waals surface area contributed by atoms with Gasteiger partial charge in [-0.05, 0) is 18.2 Å². The number of rotatable bonds is 1. The summed E-state index contributed by atoms with van der Waals surface area (Å²) in [6.45, 7) is 0.583. The molecule has 0 aromatic heterocycles. The van der Waals surface area contributed by atoms with Crippen LogP contribution in [-0.4, -0.2) is 18.5 Å². The summed E-state index contributed by atoms with van der Waals surface area (Å²) in [6, 6.07) is 6.85. The number of nitrogens with zero attached hydrogens (tertiary/aromatic N) is 1. The Bertz CT molecular complexity index is 353. The quantitative estimate of drug-likeness (QED) is 0.682. The third-order valence-corrected chi connectivity index (χ3v) is 2.32.